The fourth-order valence-corrected chi connectivity index (χ4v) is 5.28. The molecule has 0 spiro atoms. The van der Waals surface area contributed by atoms with Gasteiger partial charge in [-0.15, -0.1) is 0 Å². The monoisotopic (exact) mass is 478 g/mol. The summed E-state index contributed by atoms with van der Waals surface area (Å²) < 4.78 is 37.9. The molecule has 186 valence electrons. The van der Waals surface area contributed by atoms with Gasteiger partial charge in [0.1, 0.15) is 17.1 Å². The summed E-state index contributed by atoms with van der Waals surface area (Å²) in [7, 11) is -1.94. The van der Waals surface area contributed by atoms with Crippen molar-refractivity contribution < 1.29 is 17.9 Å². The average molecular weight is 479 g/mol. The highest BCUT2D eigenvalue weighted by Crippen LogP contribution is 2.47. The van der Waals surface area contributed by atoms with E-state index in [1.807, 2.05) is 6.92 Å². The van der Waals surface area contributed by atoms with Gasteiger partial charge in [0, 0.05) is 5.56 Å². The predicted molar refractivity (Wildman–Crippen MR) is 138 cm³/mol. The molecule has 1 aliphatic heterocycles. The van der Waals surface area contributed by atoms with Crippen molar-refractivity contribution in [2.45, 2.75) is 118 Å². The molecular formula is C28H44F2O2Si. The van der Waals surface area contributed by atoms with E-state index in [1.54, 1.807) is 0 Å². The Labute approximate surface area is 201 Å². The number of benzene rings is 1. The van der Waals surface area contributed by atoms with Crippen LogP contribution >= 0.6 is 0 Å². The molecule has 0 aliphatic carbocycles. The van der Waals surface area contributed by atoms with Crippen molar-refractivity contribution in [3.8, 4) is 11.5 Å². The van der Waals surface area contributed by atoms with Gasteiger partial charge in [-0.25, -0.2) is 0 Å². The van der Waals surface area contributed by atoms with Crippen molar-refractivity contribution in [2.24, 2.45) is 0 Å². The lowest BCUT2D eigenvalue weighted by atomic mass is 9.85. The van der Waals surface area contributed by atoms with Crippen LogP contribution in [0.25, 0.3) is 0 Å². The van der Waals surface area contributed by atoms with E-state index in [1.165, 1.54) is 22.3 Å². The van der Waals surface area contributed by atoms with Crippen molar-refractivity contribution in [2.75, 3.05) is 0 Å². The molecular weight excluding hydrogens is 434 g/mol. The predicted octanol–water partition coefficient (Wildman–Crippen LogP) is 9.37. The Kier molecular flexibility index (Phi) is 8.65. The number of hydrogen-bond donors (Lipinski definition) is 0. The van der Waals surface area contributed by atoms with Crippen LogP contribution in [0.4, 0.5) is 8.78 Å². The molecule has 0 fully saturated rings. The number of allylic oxidation sites excluding steroid dienone is 3. The first-order valence-electron chi connectivity index (χ1n) is 12.3. The quantitative estimate of drug-likeness (QED) is 0.274. The van der Waals surface area contributed by atoms with Gasteiger partial charge < -0.3 is 9.16 Å². The smallest absolute Gasteiger partial charge is 0.266 e. The molecule has 1 aromatic rings. The van der Waals surface area contributed by atoms with Gasteiger partial charge in [-0.1, -0.05) is 32.4 Å². The van der Waals surface area contributed by atoms with Gasteiger partial charge >= 0.3 is 0 Å². The van der Waals surface area contributed by atoms with Gasteiger partial charge in [-0.3, -0.25) is 0 Å². The number of fused-ring (bicyclic) bond motifs is 1. The standard InChI is InChI=1S/C28H44F2O2Si/c1-19(13-11-15-24(29)30)14-12-17-28(8)18-16-23-22(4)25(20(2)21(3)26(23)31-28)32-33(9,10)27(5,6)7/h14-15H,11-13,16-18H2,1-10H3. The molecule has 0 saturated heterocycles. The maximum Gasteiger partial charge on any atom is 0.266 e. The normalized spacial score (nSPS) is 19.1. The lowest BCUT2D eigenvalue weighted by molar-refractivity contribution is 0.0559. The Morgan fingerprint density at radius 1 is 1.06 bits per heavy atom. The molecule has 0 radical (unpaired) electrons. The van der Waals surface area contributed by atoms with Crippen LogP contribution in [0.15, 0.2) is 23.8 Å². The fraction of sp³-hybridized carbons (Fsp3) is 0.643. The molecule has 33 heavy (non-hydrogen) atoms. The largest absolute Gasteiger partial charge is 0.543 e. The molecule has 2 rings (SSSR count). The van der Waals surface area contributed by atoms with Crippen LogP contribution in [0.1, 0.15) is 89.0 Å². The van der Waals surface area contributed by atoms with Crippen LogP contribution in [-0.4, -0.2) is 13.9 Å². The Hall–Kier alpha value is -1.62. The summed E-state index contributed by atoms with van der Waals surface area (Å²) in [6, 6.07) is 0. The molecule has 1 heterocycles. The second kappa shape index (κ2) is 10.3. The molecule has 1 aromatic carbocycles. The van der Waals surface area contributed by atoms with E-state index < -0.39 is 14.4 Å². The van der Waals surface area contributed by atoms with E-state index in [0.29, 0.717) is 12.8 Å². The second-order valence-corrected chi connectivity index (χ2v) is 16.3. The van der Waals surface area contributed by atoms with Crippen molar-refractivity contribution in [3.05, 3.63) is 46.1 Å². The molecule has 0 aromatic heterocycles. The Morgan fingerprint density at radius 2 is 1.70 bits per heavy atom. The topological polar surface area (TPSA) is 18.5 Å². The van der Waals surface area contributed by atoms with Crippen molar-refractivity contribution in [1.29, 1.82) is 0 Å². The minimum absolute atomic E-state index is 0.146. The zero-order valence-electron chi connectivity index (χ0n) is 22.5. The highest BCUT2D eigenvalue weighted by Gasteiger charge is 2.41. The van der Waals surface area contributed by atoms with Crippen molar-refractivity contribution in [1.82, 2.24) is 0 Å². The maximum absolute atomic E-state index is 12.2. The summed E-state index contributed by atoms with van der Waals surface area (Å²) in [5.41, 5.74) is 5.81. The third-order valence-electron chi connectivity index (χ3n) is 7.73. The first-order valence-corrected chi connectivity index (χ1v) is 15.2. The minimum atomic E-state index is -1.94. The average Bonchev–Trinajstić information content (AvgIpc) is 2.68. The minimum Gasteiger partial charge on any atom is -0.543 e. The Bertz CT molecular complexity index is 921. The zero-order valence-corrected chi connectivity index (χ0v) is 23.5. The van der Waals surface area contributed by atoms with Crippen LogP contribution in [-0.2, 0) is 6.42 Å². The van der Waals surface area contributed by atoms with E-state index in [9.17, 15) is 8.78 Å². The SMILES string of the molecule is CC(=CCCC1(C)CCc2c(C)c(O[Si](C)(C)C(C)(C)C)c(C)c(C)c2O1)CCC=C(F)F. The summed E-state index contributed by atoms with van der Waals surface area (Å²) in [6.45, 7) is 22.1. The highest BCUT2D eigenvalue weighted by atomic mass is 28.4. The molecule has 1 unspecified atom stereocenters. The number of ether oxygens (including phenoxy) is 1. The first-order chi connectivity index (χ1) is 15.1. The molecule has 1 atom stereocenters. The van der Waals surface area contributed by atoms with Crippen LogP contribution in [0.5, 0.6) is 11.5 Å². The fourth-order valence-electron chi connectivity index (χ4n) is 4.15. The summed E-state index contributed by atoms with van der Waals surface area (Å²) in [4.78, 5) is 0. The molecule has 5 heteroatoms. The molecule has 2 nitrogen and oxygen atoms in total. The molecule has 0 saturated carbocycles. The molecule has 0 amide bonds. The lowest BCUT2D eigenvalue weighted by Crippen LogP contribution is -2.44. The summed E-state index contributed by atoms with van der Waals surface area (Å²) >= 11 is 0. The first kappa shape index (κ1) is 27.6. The van der Waals surface area contributed by atoms with E-state index in [4.69, 9.17) is 9.16 Å². The van der Waals surface area contributed by atoms with Gasteiger partial charge in [0.15, 0.2) is 0 Å². The zero-order chi connectivity index (χ0) is 25.2. The van der Waals surface area contributed by atoms with Crippen LogP contribution < -0.4 is 9.16 Å². The van der Waals surface area contributed by atoms with Crippen LogP contribution in [0, 0.1) is 20.8 Å². The number of hydrogen-bond acceptors (Lipinski definition) is 2. The Morgan fingerprint density at radius 3 is 2.27 bits per heavy atom. The van der Waals surface area contributed by atoms with E-state index in [0.717, 1.165) is 48.8 Å². The van der Waals surface area contributed by atoms with Gasteiger partial charge in [0.2, 0.25) is 0 Å². The van der Waals surface area contributed by atoms with Gasteiger partial charge in [0.25, 0.3) is 14.4 Å². The molecule has 0 bridgehead atoms. The number of rotatable bonds is 8. The lowest BCUT2D eigenvalue weighted by Gasteiger charge is -2.41. The maximum atomic E-state index is 12.2. The molecule has 1 aliphatic rings. The van der Waals surface area contributed by atoms with E-state index >= 15 is 0 Å². The molecule has 0 N–H and O–H groups in total. The third kappa shape index (κ3) is 6.71. The van der Waals surface area contributed by atoms with Gasteiger partial charge in [-0.2, -0.15) is 8.78 Å². The number of halogens is 2. The van der Waals surface area contributed by atoms with Gasteiger partial charge in [0.05, 0.1) is 0 Å². The van der Waals surface area contributed by atoms with Gasteiger partial charge in [-0.05, 0) is 114 Å². The summed E-state index contributed by atoms with van der Waals surface area (Å²) in [6.07, 6.45) is 6.39. The van der Waals surface area contributed by atoms with E-state index in [-0.39, 0.29) is 10.6 Å². The Balaban J connectivity index is 2.20. The van der Waals surface area contributed by atoms with E-state index in [2.05, 4.69) is 67.6 Å². The highest BCUT2D eigenvalue weighted by molar-refractivity contribution is 6.74. The van der Waals surface area contributed by atoms with Crippen LogP contribution in [0.3, 0.4) is 0 Å². The summed E-state index contributed by atoms with van der Waals surface area (Å²) in [5.74, 6) is 2.09. The summed E-state index contributed by atoms with van der Waals surface area (Å²) in [5, 5.41) is 0.146. The van der Waals surface area contributed by atoms with Crippen LogP contribution in [0.2, 0.25) is 18.1 Å². The third-order valence-corrected chi connectivity index (χ3v) is 12.1. The van der Waals surface area contributed by atoms with Crippen molar-refractivity contribution in [3.63, 3.8) is 0 Å². The van der Waals surface area contributed by atoms with Crippen molar-refractivity contribution >= 4 is 8.32 Å². The second-order valence-electron chi connectivity index (χ2n) is 11.5.